The molecule has 156 valence electrons. The predicted octanol–water partition coefficient (Wildman–Crippen LogP) is 4.32. The van der Waals surface area contributed by atoms with Gasteiger partial charge in [0, 0.05) is 19.0 Å². The van der Waals surface area contributed by atoms with E-state index in [4.69, 9.17) is 19.0 Å². The van der Waals surface area contributed by atoms with Crippen LogP contribution >= 0.6 is 27.3 Å². The Labute approximate surface area is 180 Å². The summed E-state index contributed by atoms with van der Waals surface area (Å²) >= 11 is 5.23. The molecule has 0 aliphatic carbocycles. The van der Waals surface area contributed by atoms with E-state index in [0.717, 1.165) is 27.2 Å². The number of rotatable bonds is 2. The Morgan fingerprint density at radius 2 is 1.75 bits per heavy atom. The van der Waals surface area contributed by atoms with Gasteiger partial charge in [0.2, 0.25) is 0 Å². The molecule has 0 unspecified atom stereocenters. The SMILES string of the molecule is CC(C)(C)OC(=O)N1CCC(c2nc(Br)c(B3OC(C)(C)C(C)(C)O3)s2)CC1. The first-order chi connectivity index (χ1) is 12.8. The summed E-state index contributed by atoms with van der Waals surface area (Å²) in [6.45, 7) is 15.2. The second-order valence-corrected chi connectivity index (χ2v) is 11.4. The molecule has 0 bridgehead atoms. The van der Waals surface area contributed by atoms with E-state index in [1.165, 1.54) is 0 Å². The normalized spacial score (nSPS) is 22.6. The highest BCUT2D eigenvalue weighted by Gasteiger charge is 2.53. The number of carbonyl (C=O) groups excluding carboxylic acids is 1. The van der Waals surface area contributed by atoms with Crippen LogP contribution in [0.4, 0.5) is 4.79 Å². The first-order valence-electron chi connectivity index (χ1n) is 9.79. The van der Waals surface area contributed by atoms with Gasteiger partial charge in [0.25, 0.3) is 0 Å². The van der Waals surface area contributed by atoms with E-state index in [1.54, 1.807) is 16.2 Å². The molecule has 3 heterocycles. The first-order valence-corrected chi connectivity index (χ1v) is 11.4. The molecule has 2 fully saturated rings. The Morgan fingerprint density at radius 3 is 2.25 bits per heavy atom. The van der Waals surface area contributed by atoms with Crippen LogP contribution in [0, 0.1) is 0 Å². The van der Waals surface area contributed by atoms with E-state index in [0.29, 0.717) is 19.0 Å². The summed E-state index contributed by atoms with van der Waals surface area (Å²) < 4.78 is 19.6. The average molecular weight is 473 g/mol. The maximum absolute atomic E-state index is 12.3. The van der Waals surface area contributed by atoms with Crippen LogP contribution in [0.2, 0.25) is 0 Å². The van der Waals surface area contributed by atoms with E-state index >= 15 is 0 Å². The van der Waals surface area contributed by atoms with Gasteiger partial charge in [-0.2, -0.15) is 0 Å². The standard InChI is InChI=1S/C19H30BBrN2O4S/c1-17(2,3)25-16(24)23-10-8-12(9-11-23)15-22-14(21)13(28-15)20-26-18(4,5)19(6,7)27-20/h12H,8-11H2,1-7H3. The largest absolute Gasteiger partial charge is 0.508 e. The molecule has 1 amide bonds. The van der Waals surface area contributed by atoms with Crippen LogP contribution in [0.25, 0.3) is 0 Å². The highest BCUT2D eigenvalue weighted by molar-refractivity contribution is 9.10. The lowest BCUT2D eigenvalue weighted by Crippen LogP contribution is -2.41. The molecular weight excluding hydrogens is 443 g/mol. The molecule has 0 spiro atoms. The maximum Gasteiger partial charge on any atom is 0.508 e. The van der Waals surface area contributed by atoms with Crippen LogP contribution in [-0.2, 0) is 14.0 Å². The number of carbonyl (C=O) groups is 1. The Bertz CT molecular complexity index is 723. The van der Waals surface area contributed by atoms with Crippen LogP contribution < -0.4 is 4.78 Å². The van der Waals surface area contributed by atoms with Gasteiger partial charge in [0.15, 0.2) is 0 Å². The van der Waals surface area contributed by atoms with Crippen molar-refractivity contribution in [3.8, 4) is 0 Å². The van der Waals surface area contributed by atoms with Crippen LogP contribution in [0.5, 0.6) is 0 Å². The first kappa shape index (κ1) is 22.1. The minimum atomic E-state index is -0.466. The molecule has 2 saturated heterocycles. The van der Waals surface area contributed by atoms with Crippen LogP contribution in [-0.4, -0.2) is 53.0 Å². The van der Waals surface area contributed by atoms with Crippen molar-refractivity contribution in [1.82, 2.24) is 9.88 Å². The van der Waals surface area contributed by atoms with Crippen LogP contribution in [0.15, 0.2) is 4.60 Å². The number of amides is 1. The van der Waals surface area contributed by atoms with E-state index in [-0.39, 0.29) is 17.3 Å². The lowest BCUT2D eigenvalue weighted by Gasteiger charge is -2.32. The van der Waals surface area contributed by atoms with Gasteiger partial charge in [0.05, 0.1) is 21.0 Å². The van der Waals surface area contributed by atoms with Crippen molar-refractivity contribution < 1.29 is 18.8 Å². The van der Waals surface area contributed by atoms with E-state index in [1.807, 2.05) is 20.8 Å². The summed E-state index contributed by atoms with van der Waals surface area (Å²) in [4.78, 5) is 18.8. The van der Waals surface area contributed by atoms with Crippen LogP contribution in [0.1, 0.15) is 72.2 Å². The van der Waals surface area contributed by atoms with Crippen molar-refractivity contribution in [2.45, 2.75) is 84.0 Å². The summed E-state index contributed by atoms with van der Waals surface area (Å²) in [7, 11) is -0.410. The summed E-state index contributed by atoms with van der Waals surface area (Å²) in [6.07, 6.45) is 1.52. The van der Waals surface area contributed by atoms with Gasteiger partial charge in [-0.25, -0.2) is 9.78 Å². The number of aromatic nitrogens is 1. The van der Waals surface area contributed by atoms with Gasteiger partial charge in [-0.15, -0.1) is 11.3 Å². The van der Waals surface area contributed by atoms with Crippen molar-refractivity contribution in [2.75, 3.05) is 13.1 Å². The number of thiazole rings is 1. The van der Waals surface area contributed by atoms with Crippen molar-refractivity contribution in [3.05, 3.63) is 9.61 Å². The number of ether oxygens (including phenoxy) is 1. The predicted molar refractivity (Wildman–Crippen MR) is 115 cm³/mol. The van der Waals surface area contributed by atoms with Crippen molar-refractivity contribution in [3.63, 3.8) is 0 Å². The highest BCUT2D eigenvalue weighted by Crippen LogP contribution is 2.38. The maximum atomic E-state index is 12.3. The number of hydrogen-bond donors (Lipinski definition) is 0. The fourth-order valence-corrected chi connectivity index (χ4v) is 5.06. The minimum Gasteiger partial charge on any atom is -0.444 e. The monoisotopic (exact) mass is 472 g/mol. The zero-order valence-electron chi connectivity index (χ0n) is 17.8. The minimum absolute atomic E-state index is 0.232. The molecule has 9 heteroatoms. The molecule has 2 aliphatic heterocycles. The number of piperidine rings is 1. The summed E-state index contributed by atoms with van der Waals surface area (Å²) in [6, 6.07) is 0. The number of halogens is 1. The Morgan fingerprint density at radius 1 is 1.21 bits per heavy atom. The quantitative estimate of drug-likeness (QED) is 0.599. The molecule has 1 aromatic rings. The van der Waals surface area contributed by atoms with E-state index in [2.05, 4.69) is 43.6 Å². The molecule has 0 atom stereocenters. The number of hydrogen-bond acceptors (Lipinski definition) is 6. The lowest BCUT2D eigenvalue weighted by atomic mass is 9.89. The Hall–Kier alpha value is -0.635. The van der Waals surface area contributed by atoms with Gasteiger partial charge in [-0.05, 0) is 77.2 Å². The lowest BCUT2D eigenvalue weighted by molar-refractivity contribution is 0.00578. The number of nitrogens with zero attached hydrogens (tertiary/aromatic N) is 2. The van der Waals surface area contributed by atoms with Gasteiger partial charge in [-0.1, -0.05) is 0 Å². The molecule has 0 radical (unpaired) electrons. The molecule has 3 rings (SSSR count). The molecule has 0 N–H and O–H groups in total. The third kappa shape index (κ3) is 4.58. The fourth-order valence-electron chi connectivity index (χ4n) is 3.24. The molecule has 0 saturated carbocycles. The van der Waals surface area contributed by atoms with Crippen molar-refractivity contribution >= 4 is 45.3 Å². The molecular formula is C19H30BBrN2O4S. The Balaban J connectivity index is 1.64. The second kappa shape index (κ2) is 7.56. The third-order valence-electron chi connectivity index (χ3n) is 5.59. The molecule has 28 heavy (non-hydrogen) atoms. The molecule has 2 aliphatic rings. The van der Waals surface area contributed by atoms with Gasteiger partial charge in [-0.3, -0.25) is 0 Å². The molecule has 1 aromatic heterocycles. The van der Waals surface area contributed by atoms with Gasteiger partial charge >= 0.3 is 13.2 Å². The summed E-state index contributed by atoms with van der Waals surface area (Å²) in [5.41, 5.74) is -1.22. The fraction of sp³-hybridized carbons (Fsp3) is 0.789. The average Bonchev–Trinajstić information content (AvgIpc) is 3.03. The highest BCUT2D eigenvalue weighted by atomic mass is 79.9. The molecule has 6 nitrogen and oxygen atoms in total. The van der Waals surface area contributed by atoms with E-state index in [9.17, 15) is 4.79 Å². The summed E-state index contributed by atoms with van der Waals surface area (Å²) in [5.74, 6) is 0.330. The summed E-state index contributed by atoms with van der Waals surface area (Å²) in [5, 5.41) is 1.07. The second-order valence-electron chi connectivity index (χ2n) is 9.54. The zero-order valence-corrected chi connectivity index (χ0v) is 20.2. The topological polar surface area (TPSA) is 60.9 Å². The molecule has 0 aromatic carbocycles. The van der Waals surface area contributed by atoms with Gasteiger partial charge in [0.1, 0.15) is 10.2 Å². The van der Waals surface area contributed by atoms with Crippen molar-refractivity contribution in [2.24, 2.45) is 0 Å². The zero-order chi connectivity index (χ0) is 20.9. The number of likely N-dealkylation sites (tertiary alicyclic amines) is 1. The van der Waals surface area contributed by atoms with Crippen LogP contribution in [0.3, 0.4) is 0 Å². The third-order valence-corrected chi connectivity index (χ3v) is 7.70. The smallest absolute Gasteiger partial charge is 0.444 e. The van der Waals surface area contributed by atoms with Gasteiger partial charge < -0.3 is 18.9 Å². The van der Waals surface area contributed by atoms with Crippen molar-refractivity contribution in [1.29, 1.82) is 0 Å². The van der Waals surface area contributed by atoms with E-state index < -0.39 is 12.7 Å². The Kier molecular flexibility index (Phi) is 5.96.